The Morgan fingerprint density at radius 1 is 1.11 bits per heavy atom. The van der Waals surface area contributed by atoms with Crippen LogP contribution < -0.4 is 5.32 Å². The van der Waals surface area contributed by atoms with E-state index >= 15 is 0 Å². The summed E-state index contributed by atoms with van der Waals surface area (Å²) in [5, 5.41) is 12.9. The highest BCUT2D eigenvalue weighted by Crippen LogP contribution is 2.21. The SMILES string of the molecule is O=C(CCC(=O)OCCCc1ccccc1)Nc1cc([N+](=O)[O-])ccc1F. The van der Waals surface area contributed by atoms with E-state index in [1.807, 2.05) is 30.3 Å². The summed E-state index contributed by atoms with van der Waals surface area (Å²) in [4.78, 5) is 33.5. The van der Waals surface area contributed by atoms with Gasteiger partial charge in [0.2, 0.25) is 5.91 Å². The number of benzene rings is 2. The molecule has 0 aliphatic carbocycles. The van der Waals surface area contributed by atoms with E-state index in [2.05, 4.69) is 5.32 Å². The van der Waals surface area contributed by atoms with Crippen molar-refractivity contribution in [3.8, 4) is 0 Å². The molecule has 0 spiro atoms. The molecule has 0 atom stereocenters. The van der Waals surface area contributed by atoms with E-state index in [4.69, 9.17) is 4.74 Å². The van der Waals surface area contributed by atoms with Gasteiger partial charge in [0.1, 0.15) is 5.82 Å². The lowest BCUT2D eigenvalue weighted by atomic mass is 10.1. The lowest BCUT2D eigenvalue weighted by Gasteiger charge is -2.07. The second-order valence-corrected chi connectivity index (χ2v) is 5.78. The zero-order valence-corrected chi connectivity index (χ0v) is 14.5. The number of carbonyl (C=O) groups excluding carboxylic acids is 2. The number of anilines is 1. The van der Waals surface area contributed by atoms with E-state index in [1.165, 1.54) is 0 Å². The van der Waals surface area contributed by atoms with E-state index in [1.54, 1.807) is 0 Å². The summed E-state index contributed by atoms with van der Waals surface area (Å²) >= 11 is 0. The van der Waals surface area contributed by atoms with Crippen LogP contribution in [0.15, 0.2) is 48.5 Å². The van der Waals surface area contributed by atoms with Gasteiger partial charge in [-0.3, -0.25) is 19.7 Å². The Kier molecular flexibility index (Phi) is 7.42. The predicted molar refractivity (Wildman–Crippen MR) is 96.6 cm³/mol. The average Bonchev–Trinajstić information content (AvgIpc) is 2.66. The molecule has 0 saturated carbocycles. The minimum Gasteiger partial charge on any atom is -0.466 e. The van der Waals surface area contributed by atoms with Crippen molar-refractivity contribution in [2.24, 2.45) is 0 Å². The van der Waals surface area contributed by atoms with Gasteiger partial charge < -0.3 is 10.1 Å². The number of hydrogen-bond acceptors (Lipinski definition) is 5. The zero-order chi connectivity index (χ0) is 19.6. The van der Waals surface area contributed by atoms with E-state index in [-0.39, 0.29) is 30.8 Å². The normalized spacial score (nSPS) is 10.3. The molecule has 1 amide bonds. The lowest BCUT2D eigenvalue weighted by molar-refractivity contribution is -0.384. The Morgan fingerprint density at radius 2 is 1.85 bits per heavy atom. The number of nitro groups is 1. The molecular formula is C19H19FN2O5. The fourth-order valence-electron chi connectivity index (χ4n) is 2.33. The first-order valence-corrected chi connectivity index (χ1v) is 8.39. The highest BCUT2D eigenvalue weighted by atomic mass is 19.1. The number of nitrogens with one attached hydrogen (secondary N) is 1. The molecule has 0 heterocycles. The van der Waals surface area contributed by atoms with E-state index < -0.39 is 22.6 Å². The van der Waals surface area contributed by atoms with Crippen LogP contribution in [0.25, 0.3) is 0 Å². The summed E-state index contributed by atoms with van der Waals surface area (Å²) < 4.78 is 18.7. The standard InChI is InChI=1S/C19H19FN2O5/c20-16-9-8-15(22(25)26)13-17(16)21-18(23)10-11-19(24)27-12-4-7-14-5-2-1-3-6-14/h1-3,5-6,8-9,13H,4,7,10-12H2,(H,21,23). The Labute approximate surface area is 155 Å². The van der Waals surface area contributed by atoms with Crippen LogP contribution in [0, 0.1) is 15.9 Å². The van der Waals surface area contributed by atoms with Crippen molar-refractivity contribution in [2.45, 2.75) is 25.7 Å². The van der Waals surface area contributed by atoms with Crippen LogP contribution in [-0.2, 0) is 20.7 Å². The van der Waals surface area contributed by atoms with Crippen LogP contribution in [0.3, 0.4) is 0 Å². The highest BCUT2D eigenvalue weighted by molar-refractivity contribution is 5.93. The topological polar surface area (TPSA) is 98.5 Å². The molecule has 2 aromatic rings. The molecule has 2 aromatic carbocycles. The summed E-state index contributed by atoms with van der Waals surface area (Å²) in [5.41, 5.74) is 0.502. The molecule has 2 rings (SSSR count). The van der Waals surface area contributed by atoms with Crippen molar-refractivity contribution >= 4 is 23.3 Å². The Balaban J connectivity index is 1.70. The van der Waals surface area contributed by atoms with Gasteiger partial charge in [-0.05, 0) is 24.5 Å². The molecule has 142 valence electrons. The van der Waals surface area contributed by atoms with Gasteiger partial charge in [0.05, 0.1) is 23.6 Å². The number of nitro benzene ring substituents is 1. The number of nitrogens with zero attached hydrogens (tertiary/aromatic N) is 1. The number of amides is 1. The van der Waals surface area contributed by atoms with Crippen LogP contribution in [0.1, 0.15) is 24.8 Å². The number of halogens is 1. The molecule has 0 unspecified atom stereocenters. The largest absolute Gasteiger partial charge is 0.466 e. The lowest BCUT2D eigenvalue weighted by Crippen LogP contribution is -2.16. The average molecular weight is 374 g/mol. The van der Waals surface area contributed by atoms with Crippen molar-refractivity contribution in [3.05, 3.63) is 70.0 Å². The third-order valence-electron chi connectivity index (χ3n) is 3.71. The Morgan fingerprint density at radius 3 is 2.56 bits per heavy atom. The van der Waals surface area contributed by atoms with Gasteiger partial charge >= 0.3 is 5.97 Å². The van der Waals surface area contributed by atoms with Gasteiger partial charge in [-0.1, -0.05) is 30.3 Å². The van der Waals surface area contributed by atoms with Crippen molar-refractivity contribution in [1.29, 1.82) is 0 Å². The van der Waals surface area contributed by atoms with Crippen molar-refractivity contribution < 1.29 is 23.6 Å². The number of rotatable bonds is 9. The van der Waals surface area contributed by atoms with Crippen molar-refractivity contribution in [2.75, 3.05) is 11.9 Å². The molecule has 7 nitrogen and oxygen atoms in total. The van der Waals surface area contributed by atoms with Gasteiger partial charge in [-0.15, -0.1) is 0 Å². The molecule has 1 N–H and O–H groups in total. The first kappa shape index (κ1) is 20.0. The Bertz CT molecular complexity index is 811. The molecular weight excluding hydrogens is 355 g/mol. The van der Waals surface area contributed by atoms with Gasteiger partial charge in [-0.25, -0.2) is 4.39 Å². The number of carbonyl (C=O) groups is 2. The Hall–Kier alpha value is -3.29. The van der Waals surface area contributed by atoms with E-state index in [0.29, 0.717) is 6.42 Å². The molecule has 0 aliphatic rings. The molecule has 0 fully saturated rings. The predicted octanol–water partition coefficient (Wildman–Crippen LogP) is 3.63. The molecule has 8 heteroatoms. The summed E-state index contributed by atoms with van der Waals surface area (Å²) in [6.45, 7) is 0.245. The van der Waals surface area contributed by atoms with E-state index in [9.17, 15) is 24.1 Å². The van der Waals surface area contributed by atoms with Crippen LogP contribution >= 0.6 is 0 Å². The third kappa shape index (κ3) is 6.85. The third-order valence-corrected chi connectivity index (χ3v) is 3.71. The summed E-state index contributed by atoms with van der Waals surface area (Å²) in [6.07, 6.45) is 1.08. The van der Waals surface area contributed by atoms with E-state index in [0.717, 1.165) is 30.2 Å². The van der Waals surface area contributed by atoms with Gasteiger partial charge in [0, 0.05) is 18.6 Å². The number of aryl methyl sites for hydroxylation is 1. The second kappa shape index (κ2) is 10.0. The summed E-state index contributed by atoms with van der Waals surface area (Å²) in [7, 11) is 0. The number of hydrogen-bond donors (Lipinski definition) is 1. The first-order chi connectivity index (χ1) is 13.0. The fraction of sp³-hybridized carbons (Fsp3) is 0.263. The summed E-state index contributed by atoms with van der Waals surface area (Å²) in [5.74, 6) is -1.95. The summed E-state index contributed by atoms with van der Waals surface area (Å²) in [6, 6.07) is 12.6. The number of ether oxygens (including phenoxy) is 1. The first-order valence-electron chi connectivity index (χ1n) is 8.39. The van der Waals surface area contributed by atoms with Crippen molar-refractivity contribution in [1.82, 2.24) is 0 Å². The monoisotopic (exact) mass is 374 g/mol. The minimum atomic E-state index is -0.794. The fourth-order valence-corrected chi connectivity index (χ4v) is 2.33. The number of non-ortho nitro benzene ring substituents is 1. The van der Waals surface area contributed by atoms with Gasteiger partial charge in [0.25, 0.3) is 5.69 Å². The molecule has 0 aromatic heterocycles. The molecule has 0 saturated heterocycles. The molecule has 0 aliphatic heterocycles. The van der Waals surface area contributed by atoms with Crippen LogP contribution in [-0.4, -0.2) is 23.4 Å². The minimum absolute atomic E-state index is 0.159. The van der Waals surface area contributed by atoms with Crippen molar-refractivity contribution in [3.63, 3.8) is 0 Å². The maximum Gasteiger partial charge on any atom is 0.306 e. The highest BCUT2D eigenvalue weighted by Gasteiger charge is 2.14. The van der Waals surface area contributed by atoms with Crippen LogP contribution in [0.2, 0.25) is 0 Å². The van der Waals surface area contributed by atoms with Crippen LogP contribution in [0.4, 0.5) is 15.8 Å². The zero-order valence-electron chi connectivity index (χ0n) is 14.5. The van der Waals surface area contributed by atoms with Gasteiger partial charge in [0.15, 0.2) is 0 Å². The molecule has 0 bridgehead atoms. The van der Waals surface area contributed by atoms with Gasteiger partial charge in [-0.2, -0.15) is 0 Å². The second-order valence-electron chi connectivity index (χ2n) is 5.78. The smallest absolute Gasteiger partial charge is 0.306 e. The quantitative estimate of drug-likeness (QED) is 0.313. The maximum absolute atomic E-state index is 13.6. The number of esters is 1. The van der Waals surface area contributed by atoms with Crippen LogP contribution in [0.5, 0.6) is 0 Å². The maximum atomic E-state index is 13.6. The molecule has 27 heavy (non-hydrogen) atoms. The molecule has 0 radical (unpaired) electrons.